The highest BCUT2D eigenvalue weighted by Gasteiger charge is 2.11. The zero-order valence-electron chi connectivity index (χ0n) is 8.25. The molecule has 0 aliphatic rings. The van der Waals surface area contributed by atoms with Crippen molar-refractivity contribution in [1.29, 1.82) is 0 Å². The molecule has 0 spiro atoms. The van der Waals surface area contributed by atoms with E-state index in [4.69, 9.17) is 10.5 Å². The number of nitrogens with two attached hydrogens (primary N) is 1. The molecule has 1 aromatic carbocycles. The van der Waals surface area contributed by atoms with Crippen LogP contribution in [0.2, 0.25) is 0 Å². The topological polar surface area (TPSA) is 61.0 Å². The van der Waals surface area contributed by atoms with Gasteiger partial charge in [-0.25, -0.2) is 0 Å². The van der Waals surface area contributed by atoms with Gasteiger partial charge < -0.3 is 10.5 Å². The summed E-state index contributed by atoms with van der Waals surface area (Å²) < 4.78 is 13.1. The van der Waals surface area contributed by atoms with Gasteiger partial charge in [-0.1, -0.05) is 12.1 Å². The van der Waals surface area contributed by atoms with Crippen LogP contribution >= 0.6 is 11.7 Å². The van der Waals surface area contributed by atoms with E-state index in [0.717, 1.165) is 17.0 Å². The Morgan fingerprint density at radius 2 is 2.07 bits per heavy atom. The van der Waals surface area contributed by atoms with E-state index in [1.54, 1.807) is 13.3 Å². The lowest BCUT2D eigenvalue weighted by molar-refractivity contribution is 0.414. The molecule has 1 aromatic heterocycles. The maximum absolute atomic E-state index is 6.02. The van der Waals surface area contributed by atoms with Crippen LogP contribution in [-0.4, -0.2) is 15.9 Å². The van der Waals surface area contributed by atoms with Crippen molar-refractivity contribution in [2.24, 2.45) is 5.73 Å². The Kier molecular flexibility index (Phi) is 2.94. The number of hydrogen-bond acceptors (Lipinski definition) is 5. The third kappa shape index (κ3) is 2.14. The number of methoxy groups -OCH3 is 1. The van der Waals surface area contributed by atoms with Gasteiger partial charge in [-0.05, 0) is 17.7 Å². The Balaban J connectivity index is 2.22. The second-order valence-electron chi connectivity index (χ2n) is 3.08. The molecule has 1 unspecified atom stereocenters. The van der Waals surface area contributed by atoms with Gasteiger partial charge in [0.05, 0.1) is 36.8 Å². The van der Waals surface area contributed by atoms with E-state index in [9.17, 15) is 0 Å². The van der Waals surface area contributed by atoms with E-state index in [0.29, 0.717) is 0 Å². The van der Waals surface area contributed by atoms with Gasteiger partial charge in [-0.15, -0.1) is 0 Å². The Hall–Kier alpha value is -1.46. The third-order valence-corrected chi connectivity index (χ3v) is 2.66. The first-order valence-electron chi connectivity index (χ1n) is 4.48. The highest BCUT2D eigenvalue weighted by Crippen LogP contribution is 2.20. The van der Waals surface area contributed by atoms with Gasteiger partial charge in [-0.3, -0.25) is 0 Å². The minimum Gasteiger partial charge on any atom is -0.497 e. The van der Waals surface area contributed by atoms with Crippen LogP contribution < -0.4 is 10.5 Å². The first-order chi connectivity index (χ1) is 7.31. The molecule has 0 radical (unpaired) electrons. The lowest BCUT2D eigenvalue weighted by atomic mass is 10.1. The van der Waals surface area contributed by atoms with Crippen molar-refractivity contribution in [2.45, 2.75) is 6.04 Å². The molecule has 5 heteroatoms. The van der Waals surface area contributed by atoms with E-state index in [2.05, 4.69) is 8.75 Å². The Bertz CT molecular complexity index is 413. The Labute approximate surface area is 92.0 Å². The fourth-order valence-electron chi connectivity index (χ4n) is 1.29. The van der Waals surface area contributed by atoms with Crippen molar-refractivity contribution in [3.05, 3.63) is 41.7 Å². The quantitative estimate of drug-likeness (QED) is 0.855. The van der Waals surface area contributed by atoms with Gasteiger partial charge in [0.25, 0.3) is 0 Å². The average Bonchev–Trinajstić information content (AvgIpc) is 2.82. The summed E-state index contributed by atoms with van der Waals surface area (Å²) in [5, 5.41) is 0. The molecule has 15 heavy (non-hydrogen) atoms. The van der Waals surface area contributed by atoms with Gasteiger partial charge in [-0.2, -0.15) is 8.75 Å². The number of benzene rings is 1. The number of nitrogens with zero attached hydrogens (tertiary/aromatic N) is 2. The molecule has 0 saturated heterocycles. The van der Waals surface area contributed by atoms with E-state index in [-0.39, 0.29) is 6.04 Å². The number of aromatic nitrogens is 2. The molecule has 0 fully saturated rings. The first kappa shape index (κ1) is 10.1. The highest BCUT2D eigenvalue weighted by atomic mass is 32.1. The van der Waals surface area contributed by atoms with E-state index >= 15 is 0 Å². The normalized spacial score (nSPS) is 12.4. The summed E-state index contributed by atoms with van der Waals surface area (Å²) in [5.41, 5.74) is 7.82. The number of rotatable bonds is 3. The van der Waals surface area contributed by atoms with Crippen LogP contribution in [0, 0.1) is 0 Å². The fraction of sp³-hybridized carbons (Fsp3) is 0.200. The lowest BCUT2D eigenvalue weighted by Gasteiger charge is -2.09. The summed E-state index contributed by atoms with van der Waals surface area (Å²) in [6.07, 6.45) is 1.69. The summed E-state index contributed by atoms with van der Waals surface area (Å²) in [4.78, 5) is 0. The maximum atomic E-state index is 6.02. The zero-order chi connectivity index (χ0) is 10.7. The van der Waals surface area contributed by atoms with Gasteiger partial charge >= 0.3 is 0 Å². The van der Waals surface area contributed by atoms with E-state index in [1.807, 2.05) is 24.3 Å². The van der Waals surface area contributed by atoms with Crippen molar-refractivity contribution in [1.82, 2.24) is 8.75 Å². The van der Waals surface area contributed by atoms with Crippen LogP contribution in [0.4, 0.5) is 0 Å². The van der Waals surface area contributed by atoms with Crippen LogP contribution in [0.3, 0.4) is 0 Å². The second kappa shape index (κ2) is 4.37. The molecule has 2 aromatic rings. The lowest BCUT2D eigenvalue weighted by Crippen LogP contribution is -2.11. The predicted molar refractivity (Wildman–Crippen MR) is 58.9 cm³/mol. The average molecular weight is 221 g/mol. The molecule has 0 amide bonds. The molecule has 2 rings (SSSR count). The smallest absolute Gasteiger partial charge is 0.118 e. The second-order valence-corrected chi connectivity index (χ2v) is 3.64. The summed E-state index contributed by atoms with van der Waals surface area (Å²) in [6.45, 7) is 0. The zero-order valence-corrected chi connectivity index (χ0v) is 9.07. The number of ether oxygens (including phenoxy) is 1. The first-order valence-corrected chi connectivity index (χ1v) is 5.21. The third-order valence-electron chi connectivity index (χ3n) is 2.17. The molecule has 0 bridgehead atoms. The van der Waals surface area contributed by atoms with Crippen LogP contribution in [-0.2, 0) is 0 Å². The number of hydrogen-bond donors (Lipinski definition) is 1. The van der Waals surface area contributed by atoms with Crippen LogP contribution in [0.25, 0.3) is 0 Å². The minimum atomic E-state index is -0.213. The molecule has 4 nitrogen and oxygen atoms in total. The largest absolute Gasteiger partial charge is 0.497 e. The van der Waals surface area contributed by atoms with Crippen LogP contribution in [0.15, 0.2) is 30.5 Å². The summed E-state index contributed by atoms with van der Waals surface area (Å²) in [6, 6.07) is 7.42. The van der Waals surface area contributed by atoms with Crippen LogP contribution in [0.5, 0.6) is 5.75 Å². The van der Waals surface area contributed by atoms with E-state index < -0.39 is 0 Å². The van der Waals surface area contributed by atoms with Crippen molar-refractivity contribution in [2.75, 3.05) is 7.11 Å². The predicted octanol–water partition coefficient (Wildman–Crippen LogP) is 1.59. The van der Waals surface area contributed by atoms with E-state index in [1.165, 1.54) is 11.7 Å². The SMILES string of the molecule is COc1ccc(C(N)c2cnsn2)cc1. The summed E-state index contributed by atoms with van der Waals surface area (Å²) in [7, 11) is 1.64. The van der Waals surface area contributed by atoms with Crippen molar-refractivity contribution >= 4 is 11.7 Å². The Morgan fingerprint density at radius 1 is 1.33 bits per heavy atom. The molecule has 0 aliphatic carbocycles. The highest BCUT2D eigenvalue weighted by molar-refractivity contribution is 6.99. The maximum Gasteiger partial charge on any atom is 0.118 e. The van der Waals surface area contributed by atoms with Gasteiger partial charge in [0.2, 0.25) is 0 Å². The van der Waals surface area contributed by atoms with Crippen molar-refractivity contribution in [3.63, 3.8) is 0 Å². The molecule has 0 saturated carbocycles. The molecule has 78 valence electrons. The monoisotopic (exact) mass is 221 g/mol. The van der Waals surface area contributed by atoms with Gasteiger partial charge in [0.15, 0.2) is 0 Å². The fourth-order valence-corrected chi connectivity index (χ4v) is 1.75. The minimum absolute atomic E-state index is 0.213. The van der Waals surface area contributed by atoms with Crippen molar-refractivity contribution in [3.8, 4) is 5.75 Å². The molecular formula is C10H11N3OS. The standard InChI is InChI=1S/C10H11N3OS/c1-14-8-4-2-7(3-5-8)10(11)9-6-12-15-13-9/h2-6,10H,11H2,1H3. The molecule has 0 aliphatic heterocycles. The molecule has 1 heterocycles. The summed E-state index contributed by atoms with van der Waals surface area (Å²) >= 11 is 1.17. The molecular weight excluding hydrogens is 210 g/mol. The summed E-state index contributed by atoms with van der Waals surface area (Å²) in [5.74, 6) is 0.822. The molecule has 1 atom stereocenters. The van der Waals surface area contributed by atoms with Crippen molar-refractivity contribution < 1.29 is 4.74 Å². The van der Waals surface area contributed by atoms with Gasteiger partial charge in [0.1, 0.15) is 5.75 Å². The van der Waals surface area contributed by atoms with Gasteiger partial charge in [0, 0.05) is 0 Å². The van der Waals surface area contributed by atoms with Crippen LogP contribution in [0.1, 0.15) is 17.3 Å². The molecule has 2 N–H and O–H groups in total. The Morgan fingerprint density at radius 3 is 2.60 bits per heavy atom.